The number of carbonyl (C=O) groups excluding carboxylic acids is 1. The Morgan fingerprint density at radius 1 is 1.03 bits per heavy atom. The molecule has 1 amide bonds. The maximum atomic E-state index is 13.9. The molecule has 0 spiro atoms. The smallest absolute Gasteiger partial charge is 0.416 e. The summed E-state index contributed by atoms with van der Waals surface area (Å²) in [7, 11) is 0. The largest absolute Gasteiger partial charge is 0.457 e. The van der Waals surface area contributed by atoms with Crippen molar-refractivity contribution in [2.45, 2.75) is 6.18 Å². The van der Waals surface area contributed by atoms with Gasteiger partial charge < -0.3 is 4.42 Å². The number of nitrogens with zero attached hydrogens (tertiary/aromatic N) is 1. The minimum atomic E-state index is -4.56. The second kappa shape index (κ2) is 7.93. The molecule has 2 heterocycles. The zero-order valence-corrected chi connectivity index (χ0v) is 16.9. The van der Waals surface area contributed by atoms with E-state index in [0.29, 0.717) is 0 Å². The van der Waals surface area contributed by atoms with Crippen LogP contribution in [-0.2, 0) is 11.0 Å². The van der Waals surface area contributed by atoms with Gasteiger partial charge in [0.05, 0.1) is 21.7 Å². The second-order valence-electron chi connectivity index (χ2n) is 6.39. The van der Waals surface area contributed by atoms with Crippen molar-refractivity contribution in [1.82, 2.24) is 0 Å². The van der Waals surface area contributed by atoms with Crippen molar-refractivity contribution in [2.24, 2.45) is 0 Å². The van der Waals surface area contributed by atoms with Crippen molar-refractivity contribution in [3.63, 3.8) is 0 Å². The van der Waals surface area contributed by atoms with Gasteiger partial charge in [-0.05, 0) is 42.5 Å². The van der Waals surface area contributed by atoms with Crippen molar-refractivity contribution < 1.29 is 31.2 Å². The number of thioether (sulfide) groups is 1. The zero-order valence-electron chi connectivity index (χ0n) is 15.2. The molecule has 0 unspecified atom stereocenters. The van der Waals surface area contributed by atoms with Crippen LogP contribution in [0, 0.1) is 11.6 Å². The first kappa shape index (κ1) is 21.3. The number of thiocarbonyl (C=S) groups is 1. The summed E-state index contributed by atoms with van der Waals surface area (Å²) in [6.45, 7) is 0. The van der Waals surface area contributed by atoms with E-state index in [1.807, 2.05) is 0 Å². The molecule has 1 fully saturated rings. The first-order valence-corrected chi connectivity index (χ1v) is 9.86. The zero-order chi connectivity index (χ0) is 22.3. The van der Waals surface area contributed by atoms with Crippen LogP contribution in [-0.4, -0.2) is 10.2 Å². The second-order valence-corrected chi connectivity index (χ2v) is 8.07. The van der Waals surface area contributed by atoms with Crippen molar-refractivity contribution >= 4 is 46.0 Å². The fourth-order valence-electron chi connectivity index (χ4n) is 2.91. The maximum absolute atomic E-state index is 13.9. The van der Waals surface area contributed by atoms with Crippen LogP contribution in [0.5, 0.6) is 0 Å². The highest BCUT2D eigenvalue weighted by atomic mass is 32.2. The van der Waals surface area contributed by atoms with Crippen LogP contribution in [0.25, 0.3) is 17.4 Å². The molecule has 1 aliphatic rings. The fourth-order valence-corrected chi connectivity index (χ4v) is 4.18. The summed E-state index contributed by atoms with van der Waals surface area (Å²) < 4.78 is 71.6. The molecular weight excluding hydrogens is 457 g/mol. The lowest BCUT2D eigenvalue weighted by atomic mass is 10.1. The van der Waals surface area contributed by atoms with Crippen molar-refractivity contribution in [3.8, 4) is 11.3 Å². The summed E-state index contributed by atoms with van der Waals surface area (Å²) in [5.41, 5.74) is -0.869. The van der Waals surface area contributed by atoms with Crippen LogP contribution in [0.3, 0.4) is 0 Å². The van der Waals surface area contributed by atoms with Gasteiger partial charge >= 0.3 is 6.18 Å². The van der Waals surface area contributed by atoms with Gasteiger partial charge in [-0.2, -0.15) is 13.2 Å². The van der Waals surface area contributed by atoms with E-state index in [0.717, 1.165) is 40.9 Å². The number of alkyl halides is 3. The Hall–Kier alpha value is -2.98. The lowest BCUT2D eigenvalue weighted by Gasteiger charge is -2.16. The van der Waals surface area contributed by atoms with E-state index in [1.165, 1.54) is 36.4 Å². The van der Waals surface area contributed by atoms with Gasteiger partial charge in [0.25, 0.3) is 5.91 Å². The number of benzene rings is 2. The summed E-state index contributed by atoms with van der Waals surface area (Å²) in [6, 6.07) is 10.2. The number of rotatable bonds is 3. The normalized spacial score (nSPS) is 15.9. The summed E-state index contributed by atoms with van der Waals surface area (Å²) in [5, 5.41) is 0. The highest BCUT2D eigenvalue weighted by molar-refractivity contribution is 8.27. The van der Waals surface area contributed by atoms with Gasteiger partial charge in [-0.25, -0.2) is 8.78 Å². The monoisotopic (exact) mass is 467 g/mol. The van der Waals surface area contributed by atoms with Crippen LogP contribution in [0.15, 0.2) is 63.9 Å². The lowest BCUT2D eigenvalue weighted by molar-refractivity contribution is -0.137. The molecule has 4 rings (SSSR count). The maximum Gasteiger partial charge on any atom is 0.416 e. The molecule has 1 saturated heterocycles. The van der Waals surface area contributed by atoms with Gasteiger partial charge in [0, 0.05) is 12.1 Å². The molecule has 0 bridgehead atoms. The average molecular weight is 467 g/mol. The van der Waals surface area contributed by atoms with Gasteiger partial charge in [-0.3, -0.25) is 9.69 Å². The first-order chi connectivity index (χ1) is 14.6. The van der Waals surface area contributed by atoms with Crippen LogP contribution in [0.4, 0.5) is 27.6 Å². The van der Waals surface area contributed by atoms with Crippen LogP contribution >= 0.6 is 24.0 Å². The number of carbonyl (C=O) groups is 1. The topological polar surface area (TPSA) is 33.5 Å². The molecule has 0 N–H and O–H groups in total. The Labute approximate surface area is 182 Å². The number of hydrogen-bond acceptors (Lipinski definition) is 4. The van der Waals surface area contributed by atoms with Crippen molar-refractivity contribution in [2.75, 3.05) is 4.90 Å². The standard InChI is InChI=1S/C21H10F5NO2S2/c22-12-4-6-15(16(23)9-12)17-7-5-14(29-17)10-18-19(28)27(20(30)31-18)13-3-1-2-11(8-13)21(24,25)26/h1-10H/b18-10-. The predicted molar refractivity (Wildman–Crippen MR) is 111 cm³/mol. The third kappa shape index (κ3) is 4.26. The van der Waals surface area contributed by atoms with Crippen molar-refractivity contribution in [1.29, 1.82) is 0 Å². The molecule has 0 atom stereocenters. The molecule has 0 saturated carbocycles. The quantitative estimate of drug-likeness (QED) is 0.245. The summed E-state index contributed by atoms with van der Waals surface area (Å²) in [4.78, 5) is 13.9. The lowest BCUT2D eigenvalue weighted by Crippen LogP contribution is -2.27. The Kier molecular flexibility index (Phi) is 5.44. The van der Waals surface area contributed by atoms with Gasteiger partial charge in [0.15, 0.2) is 4.32 Å². The summed E-state index contributed by atoms with van der Waals surface area (Å²) in [5.74, 6) is -1.83. The van der Waals surface area contributed by atoms with Gasteiger partial charge in [-0.15, -0.1) is 0 Å². The van der Waals surface area contributed by atoms with E-state index in [4.69, 9.17) is 16.6 Å². The first-order valence-electron chi connectivity index (χ1n) is 8.64. The fraction of sp³-hybridized carbons (Fsp3) is 0.0476. The molecule has 0 radical (unpaired) electrons. The Morgan fingerprint density at radius 2 is 1.81 bits per heavy atom. The van der Waals surface area contributed by atoms with E-state index >= 15 is 0 Å². The average Bonchev–Trinajstić information content (AvgIpc) is 3.26. The number of anilines is 1. The van der Waals surface area contributed by atoms with E-state index in [9.17, 15) is 26.7 Å². The van der Waals surface area contributed by atoms with Gasteiger partial charge in [0.2, 0.25) is 0 Å². The van der Waals surface area contributed by atoms with E-state index in [2.05, 4.69) is 0 Å². The number of amides is 1. The van der Waals surface area contributed by atoms with E-state index < -0.39 is 29.3 Å². The van der Waals surface area contributed by atoms with Crippen molar-refractivity contribution in [3.05, 3.63) is 82.5 Å². The molecule has 3 nitrogen and oxygen atoms in total. The molecular formula is C21H10F5NO2S2. The highest BCUT2D eigenvalue weighted by Gasteiger charge is 2.36. The minimum absolute atomic E-state index is 0.00533. The number of hydrogen-bond donors (Lipinski definition) is 0. The molecule has 31 heavy (non-hydrogen) atoms. The minimum Gasteiger partial charge on any atom is -0.457 e. The summed E-state index contributed by atoms with van der Waals surface area (Å²) in [6.07, 6.45) is -3.20. The van der Waals surface area contributed by atoms with E-state index in [1.54, 1.807) is 0 Å². The SMILES string of the molecule is O=C1/C(=C/c2ccc(-c3ccc(F)cc3F)o2)SC(=S)N1c1cccc(C(F)(F)F)c1. The summed E-state index contributed by atoms with van der Waals surface area (Å²) >= 11 is 6.07. The predicted octanol–water partition coefficient (Wildman–Crippen LogP) is 6.65. The van der Waals surface area contributed by atoms with Gasteiger partial charge in [0.1, 0.15) is 23.2 Å². The Balaban J connectivity index is 1.62. The molecule has 1 aromatic heterocycles. The van der Waals surface area contributed by atoms with Crippen LogP contribution < -0.4 is 4.90 Å². The number of halogens is 5. The van der Waals surface area contributed by atoms with Crippen LogP contribution in [0.1, 0.15) is 11.3 Å². The molecule has 1 aliphatic heterocycles. The van der Waals surface area contributed by atoms with E-state index in [-0.39, 0.29) is 32.0 Å². The highest BCUT2D eigenvalue weighted by Crippen LogP contribution is 2.39. The molecule has 0 aliphatic carbocycles. The third-order valence-corrected chi connectivity index (χ3v) is 5.62. The molecule has 3 aromatic rings. The van der Waals surface area contributed by atoms with Crippen LogP contribution in [0.2, 0.25) is 0 Å². The molecule has 2 aromatic carbocycles. The third-order valence-electron chi connectivity index (χ3n) is 4.32. The molecule has 10 heteroatoms. The Bertz CT molecular complexity index is 1230. The number of furan rings is 1. The Morgan fingerprint density at radius 3 is 2.52 bits per heavy atom. The molecule has 158 valence electrons. The van der Waals surface area contributed by atoms with Gasteiger partial charge in [-0.1, -0.05) is 30.0 Å².